The molecule has 0 aromatic heterocycles. The summed E-state index contributed by atoms with van der Waals surface area (Å²) in [5.41, 5.74) is 3.05. The maximum absolute atomic E-state index is 12.5. The highest BCUT2D eigenvalue weighted by molar-refractivity contribution is 6.40. The molecule has 0 saturated carbocycles. The highest BCUT2D eigenvalue weighted by atomic mass is 35.5. The van der Waals surface area contributed by atoms with E-state index >= 15 is 0 Å². The summed E-state index contributed by atoms with van der Waals surface area (Å²) in [6.07, 6.45) is 1.25. The van der Waals surface area contributed by atoms with E-state index in [9.17, 15) is 14.4 Å². The number of amides is 2. The van der Waals surface area contributed by atoms with Gasteiger partial charge < -0.3 is 19.5 Å². The minimum Gasteiger partial charge on any atom is -0.497 e. The van der Waals surface area contributed by atoms with E-state index in [0.717, 1.165) is 0 Å². The molecule has 0 aliphatic rings. The van der Waals surface area contributed by atoms with Crippen molar-refractivity contribution in [2.45, 2.75) is 0 Å². The molecule has 0 unspecified atom stereocenters. The van der Waals surface area contributed by atoms with Crippen LogP contribution in [0.15, 0.2) is 71.8 Å². The van der Waals surface area contributed by atoms with Crippen LogP contribution in [0.5, 0.6) is 17.2 Å². The zero-order valence-corrected chi connectivity index (χ0v) is 19.0. The zero-order valence-electron chi connectivity index (χ0n) is 18.2. The van der Waals surface area contributed by atoms with Crippen LogP contribution in [0.3, 0.4) is 0 Å². The van der Waals surface area contributed by atoms with Crippen molar-refractivity contribution < 1.29 is 28.6 Å². The monoisotopic (exact) mass is 481 g/mol. The fourth-order valence-corrected chi connectivity index (χ4v) is 2.93. The number of ether oxygens (including phenoxy) is 3. The normalized spacial score (nSPS) is 10.4. The summed E-state index contributed by atoms with van der Waals surface area (Å²) in [6.45, 7) is 0. The van der Waals surface area contributed by atoms with Crippen LogP contribution in [0.25, 0.3) is 0 Å². The number of esters is 1. The molecule has 0 bridgehead atoms. The second-order valence-electron chi connectivity index (χ2n) is 6.66. The number of anilines is 1. The maximum atomic E-state index is 12.5. The third-order valence-corrected chi connectivity index (χ3v) is 4.65. The molecular formula is C24H20ClN3O6. The molecule has 0 aliphatic heterocycles. The summed E-state index contributed by atoms with van der Waals surface area (Å²) in [6, 6.07) is 17.7. The molecule has 0 aliphatic carbocycles. The number of halogens is 1. The number of nitrogens with zero attached hydrogens (tertiary/aromatic N) is 1. The summed E-state index contributed by atoms with van der Waals surface area (Å²) in [5.74, 6) is -1.54. The van der Waals surface area contributed by atoms with E-state index in [4.69, 9.17) is 25.8 Å². The second kappa shape index (κ2) is 11.5. The van der Waals surface area contributed by atoms with Gasteiger partial charge in [-0.25, -0.2) is 10.2 Å². The van der Waals surface area contributed by atoms with Gasteiger partial charge in [0.15, 0.2) is 0 Å². The zero-order chi connectivity index (χ0) is 24.5. The van der Waals surface area contributed by atoms with Gasteiger partial charge in [-0.1, -0.05) is 29.8 Å². The van der Waals surface area contributed by atoms with Gasteiger partial charge in [0.25, 0.3) is 0 Å². The summed E-state index contributed by atoms with van der Waals surface area (Å²) >= 11 is 5.92. The van der Waals surface area contributed by atoms with Crippen molar-refractivity contribution in [1.29, 1.82) is 0 Å². The molecule has 0 heterocycles. The molecule has 34 heavy (non-hydrogen) atoms. The van der Waals surface area contributed by atoms with Gasteiger partial charge in [0.1, 0.15) is 17.2 Å². The second-order valence-corrected chi connectivity index (χ2v) is 7.09. The number of para-hydroxylation sites is 1. The van der Waals surface area contributed by atoms with Crippen LogP contribution in [-0.4, -0.2) is 38.2 Å². The number of benzene rings is 3. The molecule has 10 heteroatoms. The lowest BCUT2D eigenvalue weighted by molar-refractivity contribution is -0.136. The lowest BCUT2D eigenvalue weighted by Gasteiger charge is -2.10. The minimum atomic E-state index is -1.02. The van der Waals surface area contributed by atoms with Gasteiger partial charge in [-0.15, -0.1) is 0 Å². The molecule has 0 radical (unpaired) electrons. The highest BCUT2D eigenvalue weighted by Crippen LogP contribution is 2.27. The van der Waals surface area contributed by atoms with Crippen LogP contribution in [0.2, 0.25) is 5.02 Å². The van der Waals surface area contributed by atoms with Crippen molar-refractivity contribution in [3.8, 4) is 17.2 Å². The van der Waals surface area contributed by atoms with Crippen LogP contribution >= 0.6 is 11.6 Å². The predicted molar refractivity (Wildman–Crippen MR) is 127 cm³/mol. The average Bonchev–Trinajstić information content (AvgIpc) is 2.85. The predicted octanol–water partition coefficient (Wildman–Crippen LogP) is 3.67. The number of carbonyl (C=O) groups is 3. The Morgan fingerprint density at radius 2 is 1.68 bits per heavy atom. The van der Waals surface area contributed by atoms with E-state index in [-0.39, 0.29) is 11.4 Å². The van der Waals surface area contributed by atoms with Crippen LogP contribution < -0.4 is 25.0 Å². The number of hydrogen-bond acceptors (Lipinski definition) is 7. The Hall–Kier alpha value is -4.37. The van der Waals surface area contributed by atoms with Crippen LogP contribution in [0.4, 0.5) is 5.69 Å². The van der Waals surface area contributed by atoms with Crippen molar-refractivity contribution in [1.82, 2.24) is 5.43 Å². The fourth-order valence-electron chi connectivity index (χ4n) is 2.76. The molecule has 174 valence electrons. The molecule has 2 amide bonds. The first-order chi connectivity index (χ1) is 16.4. The molecule has 0 atom stereocenters. The van der Waals surface area contributed by atoms with E-state index in [2.05, 4.69) is 15.8 Å². The third kappa shape index (κ3) is 6.33. The van der Waals surface area contributed by atoms with Crippen molar-refractivity contribution >= 4 is 41.3 Å². The SMILES string of the molecule is COc1cccc(C(=O)Oc2ccccc2/C=N/NC(=O)C(=O)Nc2cc(Cl)ccc2OC)c1. The first-order valence-corrected chi connectivity index (χ1v) is 10.2. The number of rotatable bonds is 7. The largest absolute Gasteiger partial charge is 0.497 e. The molecule has 3 rings (SSSR count). The first kappa shape index (κ1) is 24.3. The van der Waals surface area contributed by atoms with Gasteiger partial charge in [-0.2, -0.15) is 5.10 Å². The Kier molecular flexibility index (Phi) is 8.20. The smallest absolute Gasteiger partial charge is 0.343 e. The van der Waals surface area contributed by atoms with E-state index in [0.29, 0.717) is 27.6 Å². The van der Waals surface area contributed by atoms with Gasteiger partial charge >= 0.3 is 17.8 Å². The summed E-state index contributed by atoms with van der Waals surface area (Å²) in [7, 11) is 2.91. The van der Waals surface area contributed by atoms with E-state index < -0.39 is 17.8 Å². The van der Waals surface area contributed by atoms with E-state index in [1.54, 1.807) is 60.7 Å². The molecular weight excluding hydrogens is 462 g/mol. The summed E-state index contributed by atoms with van der Waals surface area (Å²) in [4.78, 5) is 36.8. The van der Waals surface area contributed by atoms with Gasteiger partial charge in [-0.05, 0) is 48.5 Å². The van der Waals surface area contributed by atoms with Crippen molar-refractivity contribution in [3.63, 3.8) is 0 Å². The Morgan fingerprint density at radius 3 is 2.44 bits per heavy atom. The van der Waals surface area contributed by atoms with Gasteiger partial charge in [-0.3, -0.25) is 9.59 Å². The average molecular weight is 482 g/mol. The lowest BCUT2D eigenvalue weighted by atomic mass is 10.2. The van der Waals surface area contributed by atoms with Gasteiger partial charge in [0.2, 0.25) is 0 Å². The number of methoxy groups -OCH3 is 2. The Bertz CT molecular complexity index is 1240. The number of carbonyl (C=O) groups excluding carboxylic acids is 3. The van der Waals surface area contributed by atoms with Crippen molar-refractivity contribution in [2.24, 2.45) is 5.10 Å². The van der Waals surface area contributed by atoms with Crippen LogP contribution in [0, 0.1) is 0 Å². The Morgan fingerprint density at radius 1 is 0.882 bits per heavy atom. The molecule has 0 spiro atoms. The van der Waals surface area contributed by atoms with Crippen molar-refractivity contribution in [3.05, 3.63) is 82.9 Å². The van der Waals surface area contributed by atoms with Gasteiger partial charge in [0, 0.05) is 10.6 Å². The molecule has 3 aromatic carbocycles. The summed E-state index contributed by atoms with van der Waals surface area (Å²) in [5, 5.41) is 6.54. The van der Waals surface area contributed by atoms with Gasteiger partial charge in [0.05, 0.1) is 31.7 Å². The highest BCUT2D eigenvalue weighted by Gasteiger charge is 2.16. The maximum Gasteiger partial charge on any atom is 0.343 e. The Balaban J connectivity index is 1.65. The molecule has 9 nitrogen and oxygen atoms in total. The number of nitrogens with one attached hydrogen (secondary N) is 2. The molecule has 0 fully saturated rings. The topological polar surface area (TPSA) is 115 Å². The quantitative estimate of drug-likeness (QED) is 0.175. The van der Waals surface area contributed by atoms with Crippen LogP contribution in [0.1, 0.15) is 15.9 Å². The number of hydrazone groups is 1. The molecule has 2 N–H and O–H groups in total. The fraction of sp³-hybridized carbons (Fsp3) is 0.0833. The Labute approximate surface area is 200 Å². The van der Waals surface area contributed by atoms with E-state index in [1.165, 1.54) is 26.5 Å². The first-order valence-electron chi connectivity index (χ1n) is 9.84. The molecule has 3 aromatic rings. The van der Waals surface area contributed by atoms with E-state index in [1.807, 2.05) is 0 Å². The molecule has 0 saturated heterocycles. The van der Waals surface area contributed by atoms with Crippen molar-refractivity contribution in [2.75, 3.05) is 19.5 Å². The van der Waals surface area contributed by atoms with Crippen LogP contribution in [-0.2, 0) is 9.59 Å². The number of hydrogen-bond donors (Lipinski definition) is 2. The minimum absolute atomic E-state index is 0.210. The summed E-state index contributed by atoms with van der Waals surface area (Å²) < 4.78 is 15.7. The lowest BCUT2D eigenvalue weighted by Crippen LogP contribution is -2.32. The standard InChI is InChI=1S/C24H20ClN3O6/c1-32-18-8-5-7-15(12-18)24(31)34-20-9-4-3-6-16(20)14-26-28-23(30)22(29)27-19-13-17(25)10-11-21(19)33-2/h3-14H,1-2H3,(H,27,29)(H,28,30)/b26-14+. The third-order valence-electron chi connectivity index (χ3n) is 4.41.